The van der Waals surface area contributed by atoms with Crippen molar-refractivity contribution in [3.05, 3.63) is 50.3 Å². The molecule has 11 nitrogen and oxygen atoms in total. The maximum atomic E-state index is 11.8. The Hall–Kier alpha value is -3.76. The Morgan fingerprint density at radius 3 is 2.77 bits per heavy atom. The molecule has 0 atom stereocenters. The molecule has 2 heterocycles. The highest BCUT2D eigenvalue weighted by atomic mass is 16.7. The zero-order chi connectivity index (χ0) is 18.7. The summed E-state index contributed by atoms with van der Waals surface area (Å²) in [5.41, 5.74) is 3.31. The van der Waals surface area contributed by atoms with Gasteiger partial charge in [-0.1, -0.05) is 6.07 Å². The predicted molar refractivity (Wildman–Crippen MR) is 86.8 cm³/mol. The summed E-state index contributed by atoms with van der Waals surface area (Å²) >= 11 is 0. The maximum Gasteiger partial charge on any atom is 0.357 e. The number of nitrogens with two attached hydrogens (primary N) is 1. The van der Waals surface area contributed by atoms with Crippen LogP contribution in [0.5, 0.6) is 11.5 Å². The minimum atomic E-state index is -1.09. The van der Waals surface area contributed by atoms with Gasteiger partial charge in [-0.15, -0.1) is 0 Å². The molecule has 0 aliphatic carbocycles. The molecule has 1 aliphatic rings. The van der Waals surface area contributed by atoms with E-state index in [1.165, 1.54) is 0 Å². The van der Waals surface area contributed by atoms with Gasteiger partial charge in [0.2, 0.25) is 6.79 Å². The number of aromatic nitrogens is 2. The molecule has 11 heteroatoms. The van der Waals surface area contributed by atoms with Gasteiger partial charge in [-0.05, 0) is 17.7 Å². The van der Waals surface area contributed by atoms with Crippen LogP contribution in [0.3, 0.4) is 0 Å². The van der Waals surface area contributed by atoms with Gasteiger partial charge in [0.1, 0.15) is 5.69 Å². The monoisotopic (exact) mass is 362 g/mol. The number of esters is 1. The van der Waals surface area contributed by atoms with Crippen molar-refractivity contribution >= 4 is 17.6 Å². The summed E-state index contributed by atoms with van der Waals surface area (Å²) in [5.74, 6) is -0.471. The van der Waals surface area contributed by atoms with E-state index in [0.29, 0.717) is 11.5 Å². The quantitative estimate of drug-likeness (QED) is 0.484. The Bertz CT molecular complexity index is 979. The van der Waals surface area contributed by atoms with Crippen molar-refractivity contribution in [1.29, 1.82) is 0 Å². The standard InChI is InChI=1S/C15H14N4O7/c16-11-12(18-15(23)19-13(11)21)14(22)24-5-10(20)17-4-7-1-2-8-9(3-7)26-6-25-8/h1-3H,4-6,16H2,(H,17,20)(H2,18,19,21,23). The summed E-state index contributed by atoms with van der Waals surface area (Å²) in [5, 5.41) is 2.55. The molecular weight excluding hydrogens is 348 g/mol. The highest BCUT2D eigenvalue weighted by Crippen LogP contribution is 2.32. The fourth-order valence-electron chi connectivity index (χ4n) is 2.16. The number of fused-ring (bicyclic) bond motifs is 1. The smallest absolute Gasteiger partial charge is 0.357 e. The Morgan fingerprint density at radius 2 is 1.96 bits per heavy atom. The summed E-state index contributed by atoms with van der Waals surface area (Å²) < 4.78 is 15.2. The second-order valence-electron chi connectivity index (χ2n) is 5.24. The van der Waals surface area contributed by atoms with Crippen LogP contribution in [0.25, 0.3) is 0 Å². The van der Waals surface area contributed by atoms with Crippen LogP contribution in [-0.2, 0) is 16.1 Å². The zero-order valence-corrected chi connectivity index (χ0v) is 13.3. The second kappa shape index (κ2) is 7.01. The molecule has 1 aromatic carbocycles. The van der Waals surface area contributed by atoms with Crippen molar-refractivity contribution in [2.24, 2.45) is 0 Å². The minimum Gasteiger partial charge on any atom is -0.454 e. The number of carbonyl (C=O) groups is 2. The Labute approximate surface area is 145 Å². The largest absolute Gasteiger partial charge is 0.454 e. The SMILES string of the molecule is Nc1c(C(=O)OCC(=O)NCc2ccc3c(c2)OCO3)[nH]c(=O)[nH]c1=O. The fraction of sp³-hybridized carbons (Fsp3) is 0.200. The van der Waals surface area contributed by atoms with Crippen molar-refractivity contribution in [2.75, 3.05) is 19.1 Å². The highest BCUT2D eigenvalue weighted by Gasteiger charge is 2.17. The number of rotatable bonds is 5. The van der Waals surface area contributed by atoms with Crippen LogP contribution in [-0.4, -0.2) is 35.2 Å². The summed E-state index contributed by atoms with van der Waals surface area (Å²) in [4.78, 5) is 50.1. The first-order valence-corrected chi connectivity index (χ1v) is 7.38. The van der Waals surface area contributed by atoms with Crippen LogP contribution in [0.2, 0.25) is 0 Å². The zero-order valence-electron chi connectivity index (χ0n) is 13.3. The van der Waals surface area contributed by atoms with Gasteiger partial charge < -0.3 is 25.3 Å². The molecule has 0 unspecified atom stereocenters. The number of hydrogen-bond donors (Lipinski definition) is 4. The van der Waals surface area contributed by atoms with Gasteiger partial charge in [0, 0.05) is 6.54 Å². The topological polar surface area (TPSA) is 166 Å². The predicted octanol–water partition coefficient (Wildman–Crippen LogP) is -1.15. The van der Waals surface area contributed by atoms with E-state index in [0.717, 1.165) is 5.56 Å². The number of nitrogen functional groups attached to an aromatic ring is 1. The molecule has 0 bridgehead atoms. The van der Waals surface area contributed by atoms with Crippen LogP contribution < -0.4 is 31.8 Å². The summed E-state index contributed by atoms with van der Waals surface area (Å²) in [6.07, 6.45) is 0. The van der Waals surface area contributed by atoms with E-state index in [1.807, 2.05) is 4.98 Å². The van der Waals surface area contributed by atoms with E-state index < -0.39 is 41.1 Å². The van der Waals surface area contributed by atoms with Gasteiger partial charge in [0.15, 0.2) is 23.8 Å². The molecule has 5 N–H and O–H groups in total. The third kappa shape index (κ3) is 3.66. The lowest BCUT2D eigenvalue weighted by atomic mass is 10.2. The molecule has 1 aliphatic heterocycles. The van der Waals surface area contributed by atoms with Gasteiger partial charge >= 0.3 is 11.7 Å². The van der Waals surface area contributed by atoms with E-state index >= 15 is 0 Å². The lowest BCUT2D eigenvalue weighted by molar-refractivity contribution is -0.124. The summed E-state index contributed by atoms with van der Waals surface area (Å²) in [7, 11) is 0. The third-order valence-corrected chi connectivity index (χ3v) is 3.44. The first-order chi connectivity index (χ1) is 12.4. The molecule has 0 fully saturated rings. The minimum absolute atomic E-state index is 0.147. The average Bonchev–Trinajstić information content (AvgIpc) is 3.08. The normalized spacial score (nSPS) is 11.8. The first-order valence-electron chi connectivity index (χ1n) is 7.38. The van der Waals surface area contributed by atoms with Crippen molar-refractivity contribution in [3.8, 4) is 11.5 Å². The van der Waals surface area contributed by atoms with Crippen LogP contribution >= 0.6 is 0 Å². The van der Waals surface area contributed by atoms with Crippen molar-refractivity contribution in [2.45, 2.75) is 6.54 Å². The Morgan fingerprint density at radius 1 is 1.19 bits per heavy atom. The fourth-order valence-corrected chi connectivity index (χ4v) is 2.16. The van der Waals surface area contributed by atoms with Crippen LogP contribution in [0, 0.1) is 0 Å². The van der Waals surface area contributed by atoms with E-state index in [1.54, 1.807) is 18.2 Å². The van der Waals surface area contributed by atoms with Crippen LogP contribution in [0.4, 0.5) is 5.69 Å². The maximum absolute atomic E-state index is 11.8. The number of anilines is 1. The third-order valence-electron chi connectivity index (χ3n) is 3.44. The van der Waals surface area contributed by atoms with Crippen molar-refractivity contribution in [1.82, 2.24) is 15.3 Å². The average molecular weight is 362 g/mol. The van der Waals surface area contributed by atoms with Crippen molar-refractivity contribution in [3.63, 3.8) is 0 Å². The molecule has 0 saturated heterocycles. The van der Waals surface area contributed by atoms with Gasteiger partial charge in [0.25, 0.3) is 11.5 Å². The molecule has 1 aromatic heterocycles. The Kier molecular flexibility index (Phi) is 4.60. The number of amides is 1. The second-order valence-corrected chi connectivity index (χ2v) is 5.24. The molecule has 1 amide bonds. The molecular formula is C15H14N4O7. The van der Waals surface area contributed by atoms with E-state index in [-0.39, 0.29) is 13.3 Å². The number of hydrogen-bond acceptors (Lipinski definition) is 8. The molecule has 0 spiro atoms. The molecule has 0 radical (unpaired) electrons. The number of H-pyrrole nitrogens is 2. The van der Waals surface area contributed by atoms with Gasteiger partial charge in [-0.3, -0.25) is 19.6 Å². The summed E-state index contributed by atoms with van der Waals surface area (Å²) in [6, 6.07) is 5.19. The molecule has 3 rings (SSSR count). The molecule has 136 valence electrons. The Balaban J connectivity index is 1.53. The first kappa shape index (κ1) is 17.1. The van der Waals surface area contributed by atoms with Crippen LogP contribution in [0.15, 0.2) is 27.8 Å². The van der Waals surface area contributed by atoms with Gasteiger partial charge in [0.05, 0.1) is 0 Å². The number of carbonyl (C=O) groups excluding carboxylic acids is 2. The number of nitrogens with one attached hydrogen (secondary N) is 3. The van der Waals surface area contributed by atoms with E-state index in [9.17, 15) is 19.2 Å². The van der Waals surface area contributed by atoms with Gasteiger partial charge in [-0.2, -0.15) is 0 Å². The van der Waals surface area contributed by atoms with E-state index in [4.69, 9.17) is 19.9 Å². The van der Waals surface area contributed by atoms with E-state index in [2.05, 4.69) is 10.3 Å². The molecule has 0 saturated carbocycles. The molecule has 26 heavy (non-hydrogen) atoms. The molecule has 2 aromatic rings. The number of benzene rings is 1. The van der Waals surface area contributed by atoms with Gasteiger partial charge in [-0.25, -0.2) is 9.59 Å². The highest BCUT2D eigenvalue weighted by molar-refractivity contribution is 5.93. The lowest BCUT2D eigenvalue weighted by Gasteiger charge is -2.08. The number of aromatic amines is 2. The number of ether oxygens (including phenoxy) is 3. The lowest BCUT2D eigenvalue weighted by Crippen LogP contribution is -2.32. The summed E-state index contributed by atoms with van der Waals surface area (Å²) in [6.45, 7) is -0.288. The van der Waals surface area contributed by atoms with Crippen LogP contribution in [0.1, 0.15) is 16.1 Å². The van der Waals surface area contributed by atoms with Crippen molar-refractivity contribution < 1.29 is 23.8 Å².